The molecule has 0 aliphatic heterocycles. The molecular formula is C7H8S2. The summed E-state index contributed by atoms with van der Waals surface area (Å²) in [4.78, 5) is 1.26. The number of hydrogen-bond donors (Lipinski definition) is 1. The molecular weight excluding hydrogens is 148 g/mol. The fourth-order valence-corrected chi connectivity index (χ4v) is 1.55. The van der Waals surface area contributed by atoms with Gasteiger partial charge >= 0.3 is 0 Å². The van der Waals surface area contributed by atoms with Crippen molar-refractivity contribution in [1.29, 1.82) is 0 Å². The number of thiol groups is 1. The van der Waals surface area contributed by atoms with Gasteiger partial charge in [-0.3, -0.25) is 0 Å². The van der Waals surface area contributed by atoms with Crippen molar-refractivity contribution in [2.24, 2.45) is 0 Å². The Hall–Kier alpha value is -0.210. The lowest BCUT2D eigenvalue weighted by Crippen LogP contribution is -1.75. The second-order valence-electron chi connectivity index (χ2n) is 1.70. The smallest absolute Gasteiger partial charge is 0.0538 e. The highest BCUT2D eigenvalue weighted by Crippen LogP contribution is 2.24. The molecule has 0 aromatic carbocycles. The Morgan fingerprint density at radius 2 is 2.56 bits per heavy atom. The molecule has 1 aromatic heterocycles. The Kier molecular flexibility index (Phi) is 2.37. The van der Waals surface area contributed by atoms with Crippen molar-refractivity contribution in [3.05, 3.63) is 35.0 Å². The summed E-state index contributed by atoms with van der Waals surface area (Å²) in [5, 5.41) is 2.26. The Labute approximate surface area is 64.6 Å². The van der Waals surface area contributed by atoms with E-state index >= 15 is 0 Å². The van der Waals surface area contributed by atoms with Crippen LogP contribution in [0, 0.1) is 0 Å². The minimum Gasteiger partial charge on any atom is -0.166 e. The van der Waals surface area contributed by atoms with Gasteiger partial charge in [0.1, 0.15) is 0 Å². The first-order valence-electron chi connectivity index (χ1n) is 2.68. The molecule has 0 N–H and O–H groups in total. The Morgan fingerprint density at radius 3 is 3.00 bits per heavy atom. The van der Waals surface area contributed by atoms with E-state index in [0.717, 1.165) is 0 Å². The second-order valence-corrected chi connectivity index (χ2v) is 3.23. The van der Waals surface area contributed by atoms with Gasteiger partial charge in [-0.1, -0.05) is 12.1 Å². The highest BCUT2D eigenvalue weighted by atomic mass is 32.1. The first-order chi connectivity index (χ1) is 4.34. The largest absolute Gasteiger partial charge is 0.166 e. The van der Waals surface area contributed by atoms with Gasteiger partial charge in [0, 0.05) is 4.88 Å². The summed E-state index contributed by atoms with van der Waals surface area (Å²) in [5.41, 5.74) is 0. The molecule has 1 aromatic rings. The molecule has 0 amide bonds. The van der Waals surface area contributed by atoms with Crippen molar-refractivity contribution < 1.29 is 0 Å². The van der Waals surface area contributed by atoms with Crippen molar-refractivity contribution in [2.75, 3.05) is 0 Å². The maximum Gasteiger partial charge on any atom is 0.0538 e. The molecule has 1 unspecified atom stereocenters. The highest BCUT2D eigenvalue weighted by molar-refractivity contribution is 7.80. The van der Waals surface area contributed by atoms with Crippen LogP contribution in [0.15, 0.2) is 30.2 Å². The Bertz CT molecular complexity index is 177. The van der Waals surface area contributed by atoms with Crippen LogP contribution in [0.3, 0.4) is 0 Å². The summed E-state index contributed by atoms with van der Waals surface area (Å²) >= 11 is 5.99. The normalized spacial score (nSPS) is 13.0. The molecule has 0 aliphatic rings. The third-order valence-corrected chi connectivity index (χ3v) is 2.68. The minimum absolute atomic E-state index is 0.213. The predicted octanol–water partition coefficient (Wildman–Crippen LogP) is 2.91. The van der Waals surface area contributed by atoms with Crippen LogP contribution < -0.4 is 0 Å². The monoisotopic (exact) mass is 156 g/mol. The first-order valence-corrected chi connectivity index (χ1v) is 4.08. The van der Waals surface area contributed by atoms with Crippen LogP contribution in [0.1, 0.15) is 10.1 Å². The van der Waals surface area contributed by atoms with Gasteiger partial charge < -0.3 is 0 Å². The average Bonchev–Trinajstić information content (AvgIpc) is 2.37. The van der Waals surface area contributed by atoms with Crippen molar-refractivity contribution in [1.82, 2.24) is 0 Å². The lowest BCUT2D eigenvalue weighted by Gasteiger charge is -1.97. The van der Waals surface area contributed by atoms with Crippen LogP contribution in [0.4, 0.5) is 0 Å². The molecule has 0 nitrogen and oxygen atoms in total. The summed E-state index contributed by atoms with van der Waals surface area (Å²) in [6.07, 6.45) is 1.83. The molecule has 2 heteroatoms. The standard InChI is InChI=1S/C7H8S2/c1-2-6(8)7-4-3-5-9-7/h2-6,8H,1H2. The van der Waals surface area contributed by atoms with Crippen molar-refractivity contribution >= 4 is 24.0 Å². The molecule has 0 saturated heterocycles. The van der Waals surface area contributed by atoms with E-state index < -0.39 is 0 Å². The number of rotatable bonds is 2. The summed E-state index contributed by atoms with van der Waals surface area (Å²) in [5.74, 6) is 0. The van der Waals surface area contributed by atoms with E-state index in [0.29, 0.717) is 0 Å². The molecule has 0 fully saturated rings. The summed E-state index contributed by atoms with van der Waals surface area (Å²) in [6, 6.07) is 4.08. The fourth-order valence-electron chi connectivity index (χ4n) is 0.576. The highest BCUT2D eigenvalue weighted by Gasteiger charge is 1.99. The van der Waals surface area contributed by atoms with Gasteiger partial charge in [0.25, 0.3) is 0 Å². The van der Waals surface area contributed by atoms with E-state index in [1.807, 2.05) is 17.5 Å². The molecule has 0 saturated carbocycles. The molecule has 1 atom stereocenters. The quantitative estimate of drug-likeness (QED) is 0.494. The maximum atomic E-state index is 4.28. The second kappa shape index (κ2) is 3.08. The minimum atomic E-state index is 0.213. The van der Waals surface area contributed by atoms with E-state index in [1.54, 1.807) is 11.3 Å². The van der Waals surface area contributed by atoms with E-state index in [9.17, 15) is 0 Å². The fraction of sp³-hybridized carbons (Fsp3) is 0.143. The van der Waals surface area contributed by atoms with Crippen molar-refractivity contribution in [3.8, 4) is 0 Å². The molecule has 0 radical (unpaired) electrons. The van der Waals surface area contributed by atoms with E-state index in [4.69, 9.17) is 0 Å². The van der Waals surface area contributed by atoms with E-state index in [-0.39, 0.29) is 5.25 Å². The van der Waals surface area contributed by atoms with Gasteiger partial charge in [0.15, 0.2) is 0 Å². The third kappa shape index (κ3) is 1.60. The molecule has 1 rings (SSSR count). The molecule has 1 heterocycles. The van der Waals surface area contributed by atoms with Crippen LogP contribution in [0.5, 0.6) is 0 Å². The van der Waals surface area contributed by atoms with Crippen LogP contribution >= 0.6 is 24.0 Å². The molecule has 48 valence electrons. The first kappa shape index (κ1) is 6.90. The summed E-state index contributed by atoms with van der Waals surface area (Å²) in [6.45, 7) is 3.65. The molecule has 0 bridgehead atoms. The van der Waals surface area contributed by atoms with Gasteiger partial charge in [-0.25, -0.2) is 0 Å². The van der Waals surface area contributed by atoms with Crippen molar-refractivity contribution in [3.63, 3.8) is 0 Å². The molecule has 9 heavy (non-hydrogen) atoms. The van der Waals surface area contributed by atoms with Gasteiger partial charge in [0.2, 0.25) is 0 Å². The zero-order valence-corrected chi connectivity index (χ0v) is 6.66. The SMILES string of the molecule is C=CC(S)c1cccs1. The molecule has 0 aliphatic carbocycles. The Morgan fingerprint density at radius 1 is 1.78 bits per heavy atom. The van der Waals surface area contributed by atoms with Crippen LogP contribution in [0.2, 0.25) is 0 Å². The lowest BCUT2D eigenvalue weighted by molar-refractivity contribution is 1.32. The molecule has 0 spiro atoms. The summed E-state index contributed by atoms with van der Waals surface area (Å²) < 4.78 is 0. The number of thiophene rings is 1. The zero-order chi connectivity index (χ0) is 6.69. The van der Waals surface area contributed by atoms with Crippen LogP contribution in [-0.2, 0) is 0 Å². The topological polar surface area (TPSA) is 0 Å². The van der Waals surface area contributed by atoms with Crippen LogP contribution in [0.25, 0.3) is 0 Å². The van der Waals surface area contributed by atoms with E-state index in [2.05, 4.69) is 25.3 Å². The van der Waals surface area contributed by atoms with Crippen LogP contribution in [-0.4, -0.2) is 0 Å². The Balaban J connectivity index is 2.76. The summed E-state index contributed by atoms with van der Waals surface area (Å²) in [7, 11) is 0. The van der Waals surface area contributed by atoms with Gasteiger partial charge in [-0.2, -0.15) is 12.6 Å². The van der Waals surface area contributed by atoms with Gasteiger partial charge in [-0.05, 0) is 11.4 Å². The third-order valence-electron chi connectivity index (χ3n) is 1.06. The maximum absolute atomic E-state index is 4.28. The zero-order valence-electron chi connectivity index (χ0n) is 4.95. The average molecular weight is 156 g/mol. The van der Waals surface area contributed by atoms with Crippen molar-refractivity contribution in [2.45, 2.75) is 5.25 Å². The lowest BCUT2D eigenvalue weighted by atomic mass is 10.3. The predicted molar refractivity (Wildman–Crippen MR) is 46.2 cm³/mol. The van der Waals surface area contributed by atoms with E-state index in [1.165, 1.54) is 4.88 Å². The van der Waals surface area contributed by atoms with Gasteiger partial charge in [0.05, 0.1) is 5.25 Å². The van der Waals surface area contributed by atoms with Gasteiger partial charge in [-0.15, -0.1) is 17.9 Å². The number of hydrogen-bond acceptors (Lipinski definition) is 2.